The van der Waals surface area contributed by atoms with Crippen molar-refractivity contribution in [1.82, 2.24) is 31.1 Å². The van der Waals surface area contributed by atoms with Gasteiger partial charge >= 0.3 is 5.97 Å². The number of benzene rings is 1. The van der Waals surface area contributed by atoms with Crippen molar-refractivity contribution >= 4 is 41.4 Å². The van der Waals surface area contributed by atoms with E-state index in [-0.39, 0.29) is 49.2 Å². The summed E-state index contributed by atoms with van der Waals surface area (Å²) in [5.41, 5.74) is 1.99. The van der Waals surface area contributed by atoms with Crippen molar-refractivity contribution in [2.24, 2.45) is 11.3 Å². The Labute approximate surface area is 319 Å². The van der Waals surface area contributed by atoms with Gasteiger partial charge in [0.1, 0.15) is 12.1 Å². The summed E-state index contributed by atoms with van der Waals surface area (Å²) in [4.78, 5) is 91.7. The molecule has 0 aliphatic carbocycles. The van der Waals surface area contributed by atoms with Gasteiger partial charge in [0.25, 0.3) is 11.8 Å². The third-order valence-electron chi connectivity index (χ3n) is 9.72. The Morgan fingerprint density at radius 3 is 1.94 bits per heavy atom. The predicted molar refractivity (Wildman–Crippen MR) is 206 cm³/mol. The van der Waals surface area contributed by atoms with Gasteiger partial charge in [-0.05, 0) is 51.1 Å². The van der Waals surface area contributed by atoms with Crippen LogP contribution >= 0.6 is 0 Å². The highest BCUT2D eigenvalue weighted by molar-refractivity contribution is 6.12. The van der Waals surface area contributed by atoms with E-state index >= 15 is 0 Å². The lowest BCUT2D eigenvalue weighted by molar-refractivity contribution is -0.142. The predicted octanol–water partition coefficient (Wildman–Crippen LogP) is 2.52. The molecule has 1 heterocycles. The van der Waals surface area contributed by atoms with Gasteiger partial charge in [-0.2, -0.15) is 0 Å². The smallest absolute Gasteiger partial charge is 0.326 e. The van der Waals surface area contributed by atoms with E-state index in [1.54, 1.807) is 20.2 Å². The molecule has 14 nitrogen and oxygen atoms in total. The molecule has 14 heteroatoms. The fourth-order valence-electron chi connectivity index (χ4n) is 6.49. The maximum Gasteiger partial charge on any atom is 0.326 e. The number of carboxylic acids is 1. The maximum absolute atomic E-state index is 14.2. The van der Waals surface area contributed by atoms with Gasteiger partial charge in [0.15, 0.2) is 0 Å². The zero-order chi connectivity index (χ0) is 41.3. The van der Waals surface area contributed by atoms with E-state index < -0.39 is 64.6 Å². The van der Waals surface area contributed by atoms with Crippen LogP contribution in [-0.2, 0) is 39.0 Å². The number of aliphatic carboxylic acids is 1. The number of imide groups is 1. The van der Waals surface area contributed by atoms with E-state index in [0.29, 0.717) is 0 Å². The van der Waals surface area contributed by atoms with Crippen molar-refractivity contribution in [2.75, 3.05) is 27.2 Å². The van der Waals surface area contributed by atoms with Crippen LogP contribution in [0.3, 0.4) is 0 Å². The third kappa shape index (κ3) is 12.1. The van der Waals surface area contributed by atoms with Crippen molar-refractivity contribution in [2.45, 2.75) is 112 Å². The topological polar surface area (TPSA) is 194 Å². The van der Waals surface area contributed by atoms with Crippen LogP contribution < -0.4 is 21.3 Å². The maximum atomic E-state index is 14.2. The zero-order valence-electron chi connectivity index (χ0n) is 33.9. The van der Waals surface area contributed by atoms with Crippen LogP contribution in [0.25, 0.3) is 0 Å². The summed E-state index contributed by atoms with van der Waals surface area (Å²) in [5, 5.41) is 21.0. The van der Waals surface area contributed by atoms with Gasteiger partial charge in [0.05, 0.1) is 12.1 Å². The summed E-state index contributed by atoms with van der Waals surface area (Å²) in [6.07, 6.45) is 3.43. The van der Waals surface area contributed by atoms with E-state index in [9.17, 15) is 38.7 Å². The summed E-state index contributed by atoms with van der Waals surface area (Å²) in [6, 6.07) is 2.60. The number of carbonyl (C=O) groups excluding carboxylic acids is 6. The van der Waals surface area contributed by atoms with Gasteiger partial charge in [0, 0.05) is 49.7 Å². The molecule has 1 aromatic carbocycles. The van der Waals surface area contributed by atoms with Crippen LogP contribution in [0.4, 0.5) is 0 Å². The molecule has 0 bridgehead atoms. The van der Waals surface area contributed by atoms with Crippen molar-refractivity contribution in [3.05, 3.63) is 58.7 Å². The number of aryl methyl sites for hydroxylation is 2. The number of amides is 6. The van der Waals surface area contributed by atoms with E-state index in [2.05, 4.69) is 39.5 Å². The number of rotatable bonds is 18. The van der Waals surface area contributed by atoms with Crippen LogP contribution in [0.1, 0.15) is 84.9 Å². The van der Waals surface area contributed by atoms with Crippen LogP contribution in [-0.4, -0.2) is 108 Å². The molecule has 2 rings (SSSR count). The van der Waals surface area contributed by atoms with Gasteiger partial charge in [-0.25, -0.2) is 4.79 Å². The summed E-state index contributed by atoms with van der Waals surface area (Å²) >= 11 is 0. The standard InChI is InChI=1S/C40H60N6O8/c1-23(2)29(22-26(5)35(50)43-28(38(53)54)13-14-30(47)42-17-18-46-31(48)15-16-32(46)49)45(12)37(52)34(39(6,7)8)44-36(51)33(41-11)40(9,10)27-20-24(3)19-25(4)21-27/h15-16,19-23,28-29,33-34,41H,13-14,17-18H2,1-12H3,(H,42,47)(H,43,50)(H,44,51)(H,53,54)/b26-22+/t28-,29-,33-,34?/m1/s1. The second-order valence-corrected chi connectivity index (χ2v) is 16.1. The molecule has 1 aliphatic heterocycles. The Morgan fingerprint density at radius 2 is 1.46 bits per heavy atom. The summed E-state index contributed by atoms with van der Waals surface area (Å²) in [5.74, 6) is -4.35. The molecule has 0 saturated heterocycles. The molecular weight excluding hydrogens is 692 g/mol. The lowest BCUT2D eigenvalue weighted by atomic mass is 9.76. The molecule has 1 unspecified atom stereocenters. The highest BCUT2D eigenvalue weighted by Crippen LogP contribution is 2.30. The molecule has 0 fully saturated rings. The summed E-state index contributed by atoms with van der Waals surface area (Å²) < 4.78 is 0. The van der Waals surface area contributed by atoms with Crippen LogP contribution in [0.2, 0.25) is 0 Å². The first kappa shape index (κ1) is 45.3. The largest absolute Gasteiger partial charge is 0.480 e. The van der Waals surface area contributed by atoms with Gasteiger partial charge in [0.2, 0.25) is 23.6 Å². The molecule has 0 aromatic heterocycles. The van der Waals surface area contributed by atoms with Gasteiger partial charge in [-0.3, -0.25) is 33.7 Å². The number of carboxylic acid groups (broad SMARTS) is 1. The van der Waals surface area contributed by atoms with Crippen LogP contribution in [0, 0.1) is 25.2 Å². The Hall–Kier alpha value is -4.85. The average Bonchev–Trinajstić information content (AvgIpc) is 3.38. The van der Waals surface area contributed by atoms with E-state index in [0.717, 1.165) is 33.7 Å². The number of nitrogens with zero attached hydrogens (tertiary/aromatic N) is 2. The Morgan fingerprint density at radius 1 is 0.907 bits per heavy atom. The second-order valence-electron chi connectivity index (χ2n) is 16.1. The monoisotopic (exact) mass is 752 g/mol. The number of nitrogens with one attached hydrogen (secondary N) is 4. The van der Waals surface area contributed by atoms with Crippen molar-refractivity contribution in [3.8, 4) is 0 Å². The molecule has 4 atom stereocenters. The average molecular weight is 753 g/mol. The fraction of sp³-hybridized carbons (Fsp3) is 0.575. The Kier molecular flexibility index (Phi) is 15.9. The normalized spacial score (nSPS) is 15.8. The molecule has 54 heavy (non-hydrogen) atoms. The van der Waals surface area contributed by atoms with Crippen molar-refractivity contribution in [3.63, 3.8) is 0 Å². The summed E-state index contributed by atoms with van der Waals surface area (Å²) in [6.45, 7) is 18.8. The molecule has 0 spiro atoms. The molecule has 1 aromatic rings. The number of carbonyl (C=O) groups is 7. The molecule has 0 saturated carbocycles. The second kappa shape index (κ2) is 19.0. The van der Waals surface area contributed by atoms with E-state index in [1.165, 1.54) is 11.8 Å². The molecule has 0 radical (unpaired) electrons. The lowest BCUT2D eigenvalue weighted by Gasteiger charge is -2.40. The molecular formula is C40H60N6O8. The summed E-state index contributed by atoms with van der Waals surface area (Å²) in [7, 11) is 3.33. The highest BCUT2D eigenvalue weighted by atomic mass is 16.4. The van der Waals surface area contributed by atoms with Crippen LogP contribution in [0.15, 0.2) is 42.0 Å². The van der Waals surface area contributed by atoms with E-state index in [1.807, 2.05) is 62.3 Å². The minimum atomic E-state index is -1.39. The first-order valence-corrected chi connectivity index (χ1v) is 18.3. The Bertz CT molecular complexity index is 1620. The van der Waals surface area contributed by atoms with Gasteiger partial charge in [-0.1, -0.05) is 83.9 Å². The van der Waals surface area contributed by atoms with Gasteiger partial charge in [-0.15, -0.1) is 0 Å². The third-order valence-corrected chi connectivity index (χ3v) is 9.72. The molecule has 1 aliphatic rings. The molecule has 6 amide bonds. The molecule has 5 N–H and O–H groups in total. The SMILES string of the molecule is CN[C@H](C(=O)NC(C(=O)N(C)[C@H](/C=C(\C)C(=O)N[C@H](CCC(=O)NCCN1C(=O)C=CC1=O)C(=O)O)C(C)C)C(C)(C)C)C(C)(C)c1cc(C)cc(C)c1. The van der Waals surface area contributed by atoms with Crippen molar-refractivity contribution in [1.29, 1.82) is 0 Å². The minimum absolute atomic E-state index is 0.00625. The van der Waals surface area contributed by atoms with Gasteiger partial charge < -0.3 is 31.3 Å². The first-order chi connectivity index (χ1) is 24.9. The fourth-order valence-corrected chi connectivity index (χ4v) is 6.49. The zero-order valence-corrected chi connectivity index (χ0v) is 33.9. The number of hydrogen-bond acceptors (Lipinski definition) is 8. The van der Waals surface area contributed by atoms with Crippen LogP contribution in [0.5, 0.6) is 0 Å². The lowest BCUT2D eigenvalue weighted by Crippen LogP contribution is -2.61. The van der Waals surface area contributed by atoms with Crippen molar-refractivity contribution < 1.29 is 38.7 Å². The first-order valence-electron chi connectivity index (χ1n) is 18.3. The minimum Gasteiger partial charge on any atom is -0.480 e. The highest BCUT2D eigenvalue weighted by Gasteiger charge is 2.42. The molecule has 298 valence electrons. The van der Waals surface area contributed by atoms with E-state index in [4.69, 9.17) is 0 Å². The number of hydrogen-bond donors (Lipinski definition) is 5. The Balaban J connectivity index is 2.17. The number of likely N-dealkylation sites (N-methyl/N-ethyl adjacent to an activating group) is 2. The quantitative estimate of drug-likeness (QED) is 0.111.